The van der Waals surface area contributed by atoms with Crippen LogP contribution in [0, 0.1) is 22.5 Å². The number of hydrogen-bond donors (Lipinski definition) is 0. The first-order valence-electron chi connectivity index (χ1n) is 11.4. The third-order valence-electron chi connectivity index (χ3n) is 5.40. The smallest absolute Gasteiger partial charge is 0.324 e. The number of hydrogen-bond acceptors (Lipinski definition) is 5. The fraction of sp³-hybridized carbons (Fsp3) is 0.321. The molecule has 0 aliphatic rings. The number of ether oxygens (including phenoxy) is 2. The third-order valence-corrected chi connectivity index (χ3v) is 5.65. The Labute approximate surface area is 211 Å². The Morgan fingerprint density at radius 1 is 1.11 bits per heavy atom. The maximum Gasteiger partial charge on any atom is 0.324 e. The van der Waals surface area contributed by atoms with E-state index in [0.717, 1.165) is 10.3 Å². The molecule has 0 fully saturated rings. The summed E-state index contributed by atoms with van der Waals surface area (Å²) in [6, 6.07) is 13.8. The van der Waals surface area contributed by atoms with Gasteiger partial charge in [0.25, 0.3) is 0 Å². The van der Waals surface area contributed by atoms with Crippen LogP contribution in [0.4, 0.5) is 0 Å². The fourth-order valence-corrected chi connectivity index (χ4v) is 3.53. The van der Waals surface area contributed by atoms with Gasteiger partial charge in [0.05, 0.1) is 18.8 Å². The van der Waals surface area contributed by atoms with Gasteiger partial charge in [0.1, 0.15) is 0 Å². The largest absolute Gasteiger partial charge is 0.623 e. The van der Waals surface area contributed by atoms with Crippen LogP contribution < -0.4 is 0 Å². The van der Waals surface area contributed by atoms with Crippen molar-refractivity contribution in [2.75, 3.05) is 13.2 Å². The molecule has 0 aliphatic carbocycles. The molecule has 7 heteroatoms. The van der Waals surface area contributed by atoms with Gasteiger partial charge in [-0.2, -0.15) is 0 Å². The predicted molar refractivity (Wildman–Crippen MR) is 137 cm³/mol. The summed E-state index contributed by atoms with van der Waals surface area (Å²) >= 11 is 5.94. The number of hydroxylamine groups is 1. The minimum atomic E-state index is -1.60. The Morgan fingerprint density at radius 2 is 1.71 bits per heavy atom. The molecule has 0 saturated carbocycles. The summed E-state index contributed by atoms with van der Waals surface area (Å²) in [5, 5.41) is 13.4. The molecule has 2 rings (SSSR count). The fourth-order valence-electron chi connectivity index (χ4n) is 3.40. The van der Waals surface area contributed by atoms with Gasteiger partial charge in [0, 0.05) is 29.5 Å². The van der Waals surface area contributed by atoms with E-state index in [0.29, 0.717) is 16.1 Å². The number of allylic oxidation sites excluding steroid dienone is 1. The lowest BCUT2D eigenvalue weighted by molar-refractivity contribution is -0.498. The normalized spacial score (nSPS) is 12.2. The van der Waals surface area contributed by atoms with Gasteiger partial charge in [0.2, 0.25) is 0 Å². The highest BCUT2D eigenvalue weighted by Crippen LogP contribution is 2.31. The van der Waals surface area contributed by atoms with E-state index in [-0.39, 0.29) is 26.1 Å². The van der Waals surface area contributed by atoms with Gasteiger partial charge in [-0.05, 0) is 44.5 Å². The topological polar surface area (TPSA) is 78.7 Å². The van der Waals surface area contributed by atoms with E-state index < -0.39 is 23.4 Å². The predicted octanol–water partition coefficient (Wildman–Crippen LogP) is 5.46. The molecule has 35 heavy (non-hydrogen) atoms. The summed E-state index contributed by atoms with van der Waals surface area (Å²) in [5.74, 6) is 4.53. The van der Waals surface area contributed by atoms with E-state index in [4.69, 9.17) is 21.1 Å². The van der Waals surface area contributed by atoms with Crippen molar-refractivity contribution in [3.63, 3.8) is 0 Å². The molecular formula is C28H30ClNO5. The molecule has 0 heterocycles. The highest BCUT2D eigenvalue weighted by atomic mass is 35.5. The number of rotatable bonds is 10. The van der Waals surface area contributed by atoms with E-state index in [1.165, 1.54) is 12.3 Å². The van der Waals surface area contributed by atoms with E-state index >= 15 is 0 Å². The highest BCUT2D eigenvalue weighted by Gasteiger charge is 2.47. The molecule has 0 radical (unpaired) electrons. The summed E-state index contributed by atoms with van der Waals surface area (Å²) in [7, 11) is 0. The zero-order valence-corrected chi connectivity index (χ0v) is 21.0. The molecule has 0 saturated heterocycles. The van der Waals surface area contributed by atoms with Gasteiger partial charge in [-0.15, -0.1) is 6.58 Å². The lowest BCUT2D eigenvalue weighted by Gasteiger charge is -2.26. The van der Waals surface area contributed by atoms with Crippen molar-refractivity contribution >= 4 is 29.8 Å². The van der Waals surface area contributed by atoms with Crippen LogP contribution in [0.5, 0.6) is 0 Å². The van der Waals surface area contributed by atoms with Crippen molar-refractivity contribution in [3.8, 4) is 11.8 Å². The van der Waals surface area contributed by atoms with Crippen LogP contribution in [0.15, 0.2) is 61.2 Å². The number of esters is 2. The number of nitrogens with zero attached hydrogens (tertiary/aromatic N) is 1. The number of benzene rings is 2. The molecule has 0 aromatic heterocycles. The second-order valence-electron chi connectivity index (χ2n) is 7.80. The average molecular weight is 496 g/mol. The standard InChI is InChI=1S/C28H30ClNO5/c1-5-18-28(26(31)34-6-2,27(32)35-7-3)19-10-13-23-11-8-9-12-24(23)20-30(33)21(4)22-14-16-25(29)17-15-22/h5,8-9,11-12,14-17,20-21H,1,6-7,18-19H2,2-4H3/b30-20-. The zero-order valence-electron chi connectivity index (χ0n) is 20.3. The molecule has 1 atom stereocenters. The number of carbonyl (C=O) groups is 2. The maximum atomic E-state index is 12.8. The van der Waals surface area contributed by atoms with Gasteiger partial charge < -0.3 is 14.7 Å². The van der Waals surface area contributed by atoms with Crippen molar-refractivity contribution in [1.82, 2.24) is 0 Å². The molecule has 0 amide bonds. The first kappa shape index (κ1) is 27.7. The Hall–Kier alpha value is -3.56. The van der Waals surface area contributed by atoms with Crippen molar-refractivity contribution in [1.29, 1.82) is 0 Å². The lowest BCUT2D eigenvalue weighted by Crippen LogP contribution is -2.41. The van der Waals surface area contributed by atoms with E-state index in [1.54, 1.807) is 69.3 Å². The molecule has 6 nitrogen and oxygen atoms in total. The minimum absolute atomic E-state index is 0.0278. The molecule has 184 valence electrons. The molecule has 2 aromatic rings. The second-order valence-corrected chi connectivity index (χ2v) is 8.23. The molecule has 0 bridgehead atoms. The highest BCUT2D eigenvalue weighted by molar-refractivity contribution is 6.30. The molecule has 0 aliphatic heterocycles. The summed E-state index contributed by atoms with van der Waals surface area (Å²) < 4.78 is 11.2. The molecule has 1 unspecified atom stereocenters. The quantitative estimate of drug-likeness (QED) is 0.0639. The molecule has 2 aromatic carbocycles. The van der Waals surface area contributed by atoms with Crippen molar-refractivity contribution in [2.24, 2.45) is 5.41 Å². The summed E-state index contributed by atoms with van der Waals surface area (Å²) in [5.41, 5.74) is 0.407. The van der Waals surface area contributed by atoms with Crippen LogP contribution in [-0.4, -0.2) is 36.1 Å². The Balaban J connectivity index is 2.38. The second kappa shape index (κ2) is 13.4. The van der Waals surface area contributed by atoms with Crippen LogP contribution in [-0.2, 0) is 19.1 Å². The average Bonchev–Trinajstić information content (AvgIpc) is 2.84. The lowest BCUT2D eigenvalue weighted by atomic mass is 9.81. The van der Waals surface area contributed by atoms with E-state index in [1.807, 2.05) is 0 Å². The van der Waals surface area contributed by atoms with Crippen molar-refractivity contribution < 1.29 is 23.8 Å². The van der Waals surface area contributed by atoms with Gasteiger partial charge >= 0.3 is 11.9 Å². The SMILES string of the molecule is C=CCC(CC#Cc1ccccc1/C=[N+](\[O-])C(C)c1ccc(Cl)cc1)(C(=O)OCC)C(=O)OCC. The van der Waals surface area contributed by atoms with Gasteiger partial charge in [0.15, 0.2) is 17.7 Å². The zero-order chi connectivity index (χ0) is 25.8. The summed E-state index contributed by atoms with van der Waals surface area (Å²) in [6.07, 6.45) is 2.86. The minimum Gasteiger partial charge on any atom is -0.623 e. The van der Waals surface area contributed by atoms with Crippen LogP contribution in [0.2, 0.25) is 5.02 Å². The van der Waals surface area contributed by atoms with Crippen LogP contribution in [0.3, 0.4) is 0 Å². The van der Waals surface area contributed by atoms with Crippen LogP contribution in [0.1, 0.15) is 56.3 Å². The first-order chi connectivity index (χ1) is 16.8. The summed E-state index contributed by atoms with van der Waals surface area (Å²) in [6.45, 7) is 9.04. The van der Waals surface area contributed by atoms with Crippen LogP contribution >= 0.6 is 11.6 Å². The maximum absolute atomic E-state index is 12.8. The number of halogens is 1. The van der Waals surface area contributed by atoms with E-state index in [9.17, 15) is 14.8 Å². The Kier molecular flexibility index (Phi) is 10.6. The summed E-state index contributed by atoms with van der Waals surface area (Å²) in [4.78, 5) is 25.5. The number of carbonyl (C=O) groups excluding carboxylic acids is 2. The monoisotopic (exact) mass is 495 g/mol. The molecular weight excluding hydrogens is 466 g/mol. The van der Waals surface area contributed by atoms with Crippen molar-refractivity contribution in [2.45, 2.75) is 39.7 Å². The first-order valence-corrected chi connectivity index (χ1v) is 11.8. The van der Waals surface area contributed by atoms with Crippen LogP contribution in [0.25, 0.3) is 0 Å². The van der Waals surface area contributed by atoms with Gasteiger partial charge in [-0.1, -0.05) is 53.8 Å². The molecule has 0 spiro atoms. The Morgan fingerprint density at radius 3 is 2.29 bits per heavy atom. The van der Waals surface area contributed by atoms with Gasteiger partial charge in [-0.25, -0.2) is 4.74 Å². The van der Waals surface area contributed by atoms with Gasteiger partial charge in [-0.3, -0.25) is 9.59 Å². The van der Waals surface area contributed by atoms with Crippen molar-refractivity contribution in [3.05, 3.63) is 88.1 Å². The Bertz CT molecular complexity index is 1110. The third kappa shape index (κ3) is 7.21. The van der Waals surface area contributed by atoms with E-state index in [2.05, 4.69) is 18.4 Å². The molecule has 0 N–H and O–H groups in total.